The van der Waals surface area contributed by atoms with Crippen molar-refractivity contribution in [1.29, 1.82) is 0 Å². The first kappa shape index (κ1) is 14.3. The van der Waals surface area contributed by atoms with Gasteiger partial charge in [0.25, 0.3) is 0 Å². The zero-order valence-electron chi connectivity index (χ0n) is 10.7. The molecule has 0 amide bonds. The molecule has 1 fully saturated rings. The Hall–Kier alpha value is -1.65. The Bertz CT molecular complexity index is 788. The molecule has 0 aromatic carbocycles. The second kappa shape index (κ2) is 5.28. The molecule has 0 spiro atoms. The molecular weight excluding hydrogens is 298 g/mol. The molecule has 0 bridgehead atoms. The number of H-pyrrole nitrogens is 2. The van der Waals surface area contributed by atoms with E-state index in [0.717, 1.165) is 0 Å². The first-order valence-electron chi connectivity index (χ1n) is 6.26. The molecule has 4 atom stereocenters. The van der Waals surface area contributed by atoms with Crippen LogP contribution < -0.4 is 5.69 Å². The summed E-state index contributed by atoms with van der Waals surface area (Å²) in [5.41, 5.74) is 0.359. The smallest absolute Gasteiger partial charge is 0.346 e. The summed E-state index contributed by atoms with van der Waals surface area (Å²) in [7, 11) is 0. The van der Waals surface area contributed by atoms with Gasteiger partial charge in [-0.25, -0.2) is 9.78 Å². The lowest BCUT2D eigenvalue weighted by atomic mass is 10.0. The average molecular weight is 311 g/mol. The van der Waals surface area contributed by atoms with Gasteiger partial charge < -0.3 is 25.0 Å². The van der Waals surface area contributed by atoms with Crippen LogP contribution in [0.4, 0.5) is 0 Å². The van der Waals surface area contributed by atoms with Crippen molar-refractivity contribution < 1.29 is 20.1 Å². The number of pyridine rings is 1. The van der Waals surface area contributed by atoms with Crippen molar-refractivity contribution in [2.45, 2.75) is 24.4 Å². The average Bonchev–Trinajstić information content (AvgIpc) is 2.74. The van der Waals surface area contributed by atoms with Gasteiger partial charge in [0.2, 0.25) is 0 Å². The summed E-state index contributed by atoms with van der Waals surface area (Å²) in [6.07, 6.45) is -2.77. The Morgan fingerprint density at radius 2 is 2.10 bits per heavy atom. The number of aromatic amines is 2. The number of aromatic nitrogens is 3. The molecule has 3 heterocycles. The van der Waals surface area contributed by atoms with E-state index in [1.165, 1.54) is 6.20 Å². The van der Waals surface area contributed by atoms with Crippen LogP contribution in [-0.2, 0) is 4.74 Å². The molecule has 3 rings (SSSR count). The van der Waals surface area contributed by atoms with Crippen LogP contribution in [0.3, 0.4) is 0 Å². The zero-order valence-corrected chi connectivity index (χ0v) is 11.5. The topological polar surface area (TPSA) is 131 Å². The van der Waals surface area contributed by atoms with Gasteiger partial charge >= 0.3 is 5.69 Å². The van der Waals surface area contributed by atoms with E-state index >= 15 is 0 Å². The van der Waals surface area contributed by atoms with Crippen molar-refractivity contribution in [2.75, 3.05) is 6.61 Å². The van der Waals surface area contributed by atoms with Gasteiger partial charge in [-0.1, -0.05) is 12.2 Å². The number of ether oxygens (including phenoxy) is 1. The monoisotopic (exact) mass is 311 g/mol. The number of rotatable bonds is 2. The first-order chi connectivity index (χ1) is 10.0. The molecule has 2 aromatic rings. The molecule has 0 saturated carbocycles. The Morgan fingerprint density at radius 3 is 2.76 bits per heavy atom. The maximum absolute atomic E-state index is 11.2. The van der Waals surface area contributed by atoms with Crippen molar-refractivity contribution in [1.82, 2.24) is 15.0 Å². The molecular formula is C12H13N3O5S. The maximum Gasteiger partial charge on any atom is 0.346 e. The van der Waals surface area contributed by atoms with E-state index in [-0.39, 0.29) is 4.64 Å². The van der Waals surface area contributed by atoms with Crippen molar-refractivity contribution >= 4 is 23.3 Å². The molecule has 1 aliphatic rings. The van der Waals surface area contributed by atoms with E-state index in [1.54, 1.807) is 6.07 Å². The fraction of sp³-hybridized carbons (Fsp3) is 0.417. The van der Waals surface area contributed by atoms with Crippen LogP contribution in [0.2, 0.25) is 0 Å². The fourth-order valence-corrected chi connectivity index (χ4v) is 2.68. The molecule has 1 saturated heterocycles. The molecule has 1 unspecified atom stereocenters. The molecule has 0 aliphatic carbocycles. The lowest BCUT2D eigenvalue weighted by molar-refractivity contribution is -0.0229. The summed E-state index contributed by atoms with van der Waals surface area (Å²) >= 11 is 5.19. The van der Waals surface area contributed by atoms with E-state index in [4.69, 9.17) is 22.1 Å². The second-order valence-corrected chi connectivity index (χ2v) is 5.24. The number of aliphatic hydroxyl groups is 3. The predicted molar refractivity (Wildman–Crippen MR) is 74.3 cm³/mol. The third-order valence-corrected chi connectivity index (χ3v) is 3.84. The molecule has 112 valence electrons. The van der Waals surface area contributed by atoms with Gasteiger partial charge in [0.1, 0.15) is 34.7 Å². The normalized spacial score (nSPS) is 29.1. The van der Waals surface area contributed by atoms with Crippen molar-refractivity contribution in [3.63, 3.8) is 0 Å². The van der Waals surface area contributed by atoms with Crippen LogP contribution in [0, 0.1) is 4.64 Å². The quantitative estimate of drug-likeness (QED) is 0.456. The zero-order chi connectivity index (χ0) is 15.1. The molecule has 21 heavy (non-hydrogen) atoms. The highest BCUT2D eigenvalue weighted by Gasteiger charge is 2.43. The lowest BCUT2D eigenvalue weighted by Crippen LogP contribution is -2.32. The van der Waals surface area contributed by atoms with E-state index < -0.39 is 36.7 Å². The van der Waals surface area contributed by atoms with Gasteiger partial charge in [0, 0.05) is 17.1 Å². The van der Waals surface area contributed by atoms with E-state index in [1.807, 2.05) is 0 Å². The number of nitrogens with one attached hydrogen (secondary N) is 2. The van der Waals surface area contributed by atoms with Gasteiger partial charge in [-0.15, -0.1) is 0 Å². The van der Waals surface area contributed by atoms with Crippen molar-refractivity contribution in [3.8, 4) is 0 Å². The summed E-state index contributed by atoms with van der Waals surface area (Å²) in [6.45, 7) is -0.409. The van der Waals surface area contributed by atoms with Crippen molar-refractivity contribution in [2.24, 2.45) is 0 Å². The summed E-state index contributed by atoms with van der Waals surface area (Å²) < 4.78 is 5.71. The standard InChI is InChI=1S/C12H13N3O5S/c16-3-6-7(17)8(18)9(20-6)5-1-4-2-13-12(19)15-10(4)14-11(5)21/h1-2,6-9,16-18H,3H2,(H2,13,14,15,19,21)/t6-,7+,8?,9+/m1/s1. The molecule has 0 radical (unpaired) electrons. The van der Waals surface area contributed by atoms with Crippen LogP contribution >= 0.6 is 12.2 Å². The lowest BCUT2D eigenvalue weighted by Gasteiger charge is -2.15. The van der Waals surface area contributed by atoms with Gasteiger partial charge in [-0.2, -0.15) is 0 Å². The highest BCUT2D eigenvalue weighted by molar-refractivity contribution is 7.71. The molecule has 2 aromatic heterocycles. The van der Waals surface area contributed by atoms with E-state index in [0.29, 0.717) is 16.6 Å². The Kier molecular flexibility index (Phi) is 3.59. The number of fused-ring (bicyclic) bond motifs is 1. The highest BCUT2D eigenvalue weighted by atomic mass is 32.1. The SMILES string of the molecule is O=c1ncc2cc([C@@H]3O[C@H](CO)[C@H](O)C3O)c(=S)[nH]c2[nH]1. The number of nitrogens with zero attached hydrogens (tertiary/aromatic N) is 1. The molecule has 9 heteroatoms. The minimum absolute atomic E-state index is 0.263. The van der Waals surface area contributed by atoms with E-state index in [9.17, 15) is 15.0 Å². The van der Waals surface area contributed by atoms with Crippen LogP contribution in [0.1, 0.15) is 11.7 Å². The van der Waals surface area contributed by atoms with Gasteiger partial charge in [0.15, 0.2) is 0 Å². The number of hydrogen-bond donors (Lipinski definition) is 5. The Balaban J connectivity index is 2.09. The van der Waals surface area contributed by atoms with Crippen LogP contribution in [0.25, 0.3) is 11.0 Å². The number of aliphatic hydroxyl groups excluding tert-OH is 3. The summed E-state index contributed by atoms with van der Waals surface area (Å²) in [6, 6.07) is 1.62. The van der Waals surface area contributed by atoms with Gasteiger partial charge in [0.05, 0.1) is 6.61 Å². The maximum atomic E-state index is 11.2. The van der Waals surface area contributed by atoms with Gasteiger partial charge in [-0.3, -0.25) is 4.98 Å². The van der Waals surface area contributed by atoms with Crippen LogP contribution in [0.5, 0.6) is 0 Å². The predicted octanol–water partition coefficient (Wildman–Crippen LogP) is -0.865. The molecule has 8 nitrogen and oxygen atoms in total. The molecule has 1 aliphatic heterocycles. The Morgan fingerprint density at radius 1 is 1.33 bits per heavy atom. The minimum Gasteiger partial charge on any atom is -0.394 e. The Labute approximate surface area is 123 Å². The summed E-state index contributed by atoms with van der Waals surface area (Å²) in [4.78, 5) is 20.1. The fourth-order valence-electron chi connectivity index (χ4n) is 2.40. The van der Waals surface area contributed by atoms with E-state index in [2.05, 4.69) is 15.0 Å². The number of hydrogen-bond acceptors (Lipinski definition) is 7. The van der Waals surface area contributed by atoms with Crippen LogP contribution in [-0.4, -0.2) is 55.2 Å². The second-order valence-electron chi connectivity index (χ2n) is 4.83. The summed E-state index contributed by atoms with van der Waals surface area (Å²) in [5, 5.41) is 29.5. The molecule has 5 N–H and O–H groups in total. The van der Waals surface area contributed by atoms with Crippen molar-refractivity contribution in [3.05, 3.63) is 33.0 Å². The highest BCUT2D eigenvalue weighted by Crippen LogP contribution is 2.34. The van der Waals surface area contributed by atoms with Gasteiger partial charge in [-0.05, 0) is 6.07 Å². The third-order valence-electron chi connectivity index (χ3n) is 3.50. The minimum atomic E-state index is -1.20. The summed E-state index contributed by atoms with van der Waals surface area (Å²) in [5.74, 6) is 0. The largest absolute Gasteiger partial charge is 0.394 e. The first-order valence-corrected chi connectivity index (χ1v) is 6.67. The van der Waals surface area contributed by atoms with Crippen LogP contribution in [0.15, 0.2) is 17.1 Å². The third kappa shape index (κ3) is 2.39.